The summed E-state index contributed by atoms with van der Waals surface area (Å²) in [5, 5.41) is 3.09. The lowest BCUT2D eigenvalue weighted by atomic mass is 9.95. The first-order chi connectivity index (χ1) is 16.3. The standard InChI is InChI=1S/C24H23FN2O5S2/c1-32-24(29)22-19-9-5-6-10-20(19)33-23(22)26-21(28)15-27(17-7-3-2-4-8-17)34(30,31)18-13-11-16(25)12-14-18/h2-4,7-8,11-14H,5-6,9-10,15H2,1H3,(H,26,28). The molecule has 0 aliphatic heterocycles. The van der Waals surface area contributed by atoms with Gasteiger partial charge in [0.25, 0.3) is 10.0 Å². The predicted octanol–water partition coefficient (Wildman–Crippen LogP) is 4.39. The van der Waals surface area contributed by atoms with Crippen LogP contribution in [0.2, 0.25) is 0 Å². The fourth-order valence-electron chi connectivity index (χ4n) is 3.91. The van der Waals surface area contributed by atoms with Gasteiger partial charge in [0.2, 0.25) is 5.91 Å². The van der Waals surface area contributed by atoms with Gasteiger partial charge in [-0.1, -0.05) is 18.2 Å². The lowest BCUT2D eigenvalue weighted by Gasteiger charge is -2.24. The smallest absolute Gasteiger partial charge is 0.341 e. The Morgan fingerprint density at radius 3 is 2.41 bits per heavy atom. The van der Waals surface area contributed by atoms with Crippen molar-refractivity contribution in [1.82, 2.24) is 0 Å². The highest BCUT2D eigenvalue weighted by Gasteiger charge is 2.30. The van der Waals surface area contributed by atoms with Gasteiger partial charge in [-0.05, 0) is 67.6 Å². The number of carbonyl (C=O) groups is 2. The lowest BCUT2D eigenvalue weighted by molar-refractivity contribution is -0.114. The van der Waals surface area contributed by atoms with Gasteiger partial charge in [-0.3, -0.25) is 9.10 Å². The number of aryl methyl sites for hydroxylation is 1. The number of fused-ring (bicyclic) bond motifs is 1. The number of benzene rings is 2. The van der Waals surface area contributed by atoms with Gasteiger partial charge in [0.15, 0.2) is 0 Å². The summed E-state index contributed by atoms with van der Waals surface area (Å²) in [5.74, 6) is -1.72. The van der Waals surface area contributed by atoms with Crippen molar-refractivity contribution >= 4 is 43.9 Å². The van der Waals surface area contributed by atoms with Gasteiger partial charge in [-0.25, -0.2) is 17.6 Å². The minimum absolute atomic E-state index is 0.146. The molecule has 1 aliphatic carbocycles. The zero-order chi connectivity index (χ0) is 24.3. The molecule has 1 aliphatic rings. The Kier molecular flexibility index (Phi) is 6.99. The van der Waals surface area contributed by atoms with Crippen LogP contribution in [-0.2, 0) is 32.4 Å². The van der Waals surface area contributed by atoms with Crippen LogP contribution in [0.4, 0.5) is 15.1 Å². The highest BCUT2D eigenvalue weighted by atomic mass is 32.2. The number of nitrogens with zero attached hydrogens (tertiary/aromatic N) is 1. The number of methoxy groups -OCH3 is 1. The van der Waals surface area contributed by atoms with Crippen LogP contribution < -0.4 is 9.62 Å². The maximum absolute atomic E-state index is 13.4. The van der Waals surface area contributed by atoms with Crippen LogP contribution in [0.5, 0.6) is 0 Å². The number of nitrogens with one attached hydrogen (secondary N) is 1. The molecule has 0 saturated heterocycles. The van der Waals surface area contributed by atoms with Gasteiger partial charge in [-0.2, -0.15) is 0 Å². The number of carbonyl (C=O) groups excluding carboxylic acids is 2. The molecule has 0 atom stereocenters. The molecule has 4 rings (SSSR count). The average Bonchev–Trinajstić information content (AvgIpc) is 3.20. The minimum Gasteiger partial charge on any atom is -0.465 e. The summed E-state index contributed by atoms with van der Waals surface area (Å²) in [6, 6.07) is 12.6. The van der Waals surface area contributed by atoms with E-state index in [0.717, 1.165) is 64.7 Å². The van der Waals surface area contributed by atoms with E-state index in [1.54, 1.807) is 30.3 Å². The van der Waals surface area contributed by atoms with E-state index in [-0.39, 0.29) is 10.6 Å². The second-order valence-electron chi connectivity index (χ2n) is 7.76. The fraction of sp³-hybridized carbons (Fsp3) is 0.250. The summed E-state index contributed by atoms with van der Waals surface area (Å²) < 4.78 is 46.0. The third kappa shape index (κ3) is 4.83. The summed E-state index contributed by atoms with van der Waals surface area (Å²) >= 11 is 1.32. The van der Waals surface area contributed by atoms with Gasteiger partial charge in [0.1, 0.15) is 17.4 Å². The first-order valence-corrected chi connectivity index (χ1v) is 12.9. The molecule has 1 N–H and O–H groups in total. The quantitative estimate of drug-likeness (QED) is 0.484. The molecule has 34 heavy (non-hydrogen) atoms. The number of esters is 1. The molecule has 0 spiro atoms. The van der Waals surface area contributed by atoms with Crippen molar-refractivity contribution in [2.24, 2.45) is 0 Å². The van der Waals surface area contributed by atoms with E-state index in [9.17, 15) is 22.4 Å². The van der Waals surface area contributed by atoms with E-state index in [2.05, 4.69) is 5.32 Å². The number of amides is 1. The van der Waals surface area contributed by atoms with Crippen molar-refractivity contribution < 1.29 is 27.1 Å². The summed E-state index contributed by atoms with van der Waals surface area (Å²) in [6.07, 6.45) is 3.48. The van der Waals surface area contributed by atoms with Crippen molar-refractivity contribution in [3.63, 3.8) is 0 Å². The number of halogens is 1. The Morgan fingerprint density at radius 1 is 1.06 bits per heavy atom. The minimum atomic E-state index is -4.17. The van der Waals surface area contributed by atoms with Crippen LogP contribution in [0.3, 0.4) is 0 Å². The molecule has 7 nitrogen and oxygen atoms in total. The second kappa shape index (κ2) is 9.94. The average molecular weight is 503 g/mol. The Labute approximate surface area is 201 Å². The molecule has 178 valence electrons. The molecular formula is C24H23FN2O5S2. The van der Waals surface area contributed by atoms with Crippen LogP contribution >= 0.6 is 11.3 Å². The van der Waals surface area contributed by atoms with Crippen molar-refractivity contribution in [2.75, 3.05) is 23.3 Å². The third-order valence-electron chi connectivity index (χ3n) is 5.55. The number of rotatable bonds is 7. The van der Waals surface area contributed by atoms with Crippen molar-refractivity contribution in [3.8, 4) is 0 Å². The second-order valence-corrected chi connectivity index (χ2v) is 10.7. The Morgan fingerprint density at radius 2 is 1.74 bits per heavy atom. The third-order valence-corrected chi connectivity index (χ3v) is 8.54. The van der Waals surface area contributed by atoms with Crippen LogP contribution in [0, 0.1) is 5.82 Å². The zero-order valence-corrected chi connectivity index (χ0v) is 20.0. The van der Waals surface area contributed by atoms with Crippen molar-refractivity contribution in [3.05, 3.63) is 76.4 Å². The molecule has 0 radical (unpaired) electrons. The number of ether oxygens (including phenoxy) is 1. The van der Waals surface area contributed by atoms with Gasteiger partial charge in [0, 0.05) is 4.88 Å². The van der Waals surface area contributed by atoms with E-state index in [4.69, 9.17) is 4.74 Å². The van der Waals surface area contributed by atoms with E-state index >= 15 is 0 Å². The monoisotopic (exact) mass is 502 g/mol. The molecule has 0 unspecified atom stereocenters. The molecule has 3 aromatic rings. The predicted molar refractivity (Wildman–Crippen MR) is 128 cm³/mol. The van der Waals surface area contributed by atoms with E-state index in [0.29, 0.717) is 10.6 Å². The number of hydrogen-bond donors (Lipinski definition) is 1. The van der Waals surface area contributed by atoms with Crippen molar-refractivity contribution in [1.29, 1.82) is 0 Å². The molecule has 1 heterocycles. The maximum atomic E-state index is 13.4. The van der Waals surface area contributed by atoms with Crippen LogP contribution in [0.1, 0.15) is 33.6 Å². The lowest BCUT2D eigenvalue weighted by Crippen LogP contribution is -2.38. The number of anilines is 2. The molecule has 0 saturated carbocycles. The molecule has 0 fully saturated rings. The van der Waals surface area contributed by atoms with Crippen LogP contribution in [-0.4, -0.2) is 33.9 Å². The molecule has 1 amide bonds. The van der Waals surface area contributed by atoms with Gasteiger partial charge in [-0.15, -0.1) is 11.3 Å². The zero-order valence-electron chi connectivity index (χ0n) is 18.4. The Balaban J connectivity index is 1.66. The first kappa shape index (κ1) is 23.9. The molecule has 2 aromatic carbocycles. The van der Waals surface area contributed by atoms with Gasteiger partial charge in [0.05, 0.1) is 23.3 Å². The van der Waals surface area contributed by atoms with Crippen LogP contribution in [0.15, 0.2) is 59.5 Å². The van der Waals surface area contributed by atoms with Gasteiger partial charge < -0.3 is 10.1 Å². The Hall–Kier alpha value is -3.24. The fourth-order valence-corrected chi connectivity index (χ4v) is 6.63. The summed E-state index contributed by atoms with van der Waals surface area (Å²) in [5.41, 5.74) is 1.50. The highest BCUT2D eigenvalue weighted by molar-refractivity contribution is 7.92. The molecular weight excluding hydrogens is 479 g/mol. The van der Waals surface area contributed by atoms with E-state index in [1.807, 2.05) is 0 Å². The summed E-state index contributed by atoms with van der Waals surface area (Å²) in [7, 11) is -2.89. The topological polar surface area (TPSA) is 92.8 Å². The number of hydrogen-bond acceptors (Lipinski definition) is 6. The van der Waals surface area contributed by atoms with E-state index in [1.165, 1.54) is 18.4 Å². The molecule has 1 aromatic heterocycles. The first-order valence-electron chi connectivity index (χ1n) is 10.7. The van der Waals surface area contributed by atoms with E-state index < -0.39 is 34.3 Å². The number of para-hydroxylation sites is 1. The highest BCUT2D eigenvalue weighted by Crippen LogP contribution is 2.38. The SMILES string of the molecule is COC(=O)c1c(NC(=O)CN(c2ccccc2)S(=O)(=O)c2ccc(F)cc2)sc2c1CCCC2. The van der Waals surface area contributed by atoms with Crippen molar-refractivity contribution in [2.45, 2.75) is 30.6 Å². The number of thiophene rings is 1. The maximum Gasteiger partial charge on any atom is 0.341 e. The summed E-state index contributed by atoms with van der Waals surface area (Å²) in [6.45, 7) is -0.535. The Bertz CT molecular complexity index is 1310. The largest absolute Gasteiger partial charge is 0.465 e. The molecule has 10 heteroatoms. The normalized spacial score (nSPS) is 13.1. The summed E-state index contributed by atoms with van der Waals surface area (Å²) in [4.78, 5) is 26.4. The van der Waals surface area contributed by atoms with Crippen LogP contribution in [0.25, 0.3) is 0 Å². The van der Waals surface area contributed by atoms with Gasteiger partial charge >= 0.3 is 5.97 Å². The number of sulfonamides is 1. The molecule has 0 bridgehead atoms.